The first-order chi connectivity index (χ1) is 10.1. The Morgan fingerprint density at radius 1 is 1.19 bits per heavy atom. The standard InChI is InChI=1S/C17H15BrINO/c1-2-20(12-11-13-7-3-5-9-15(13)18)17(21)14-8-4-6-10-16(14)19/h2-10H,1,11-12H2. The van der Waals surface area contributed by atoms with Crippen LogP contribution in [-0.2, 0) is 6.42 Å². The van der Waals surface area contributed by atoms with E-state index in [4.69, 9.17) is 0 Å². The fraction of sp³-hybridized carbons (Fsp3) is 0.118. The van der Waals surface area contributed by atoms with Crippen molar-refractivity contribution in [2.45, 2.75) is 6.42 Å². The number of carbonyl (C=O) groups is 1. The average Bonchev–Trinajstić information content (AvgIpc) is 2.50. The number of rotatable bonds is 5. The molecule has 0 unspecified atom stereocenters. The Bertz CT molecular complexity index is 657. The highest BCUT2D eigenvalue weighted by Crippen LogP contribution is 2.18. The smallest absolute Gasteiger partial charge is 0.258 e. The Balaban J connectivity index is 2.10. The van der Waals surface area contributed by atoms with E-state index in [1.54, 1.807) is 11.1 Å². The molecule has 0 N–H and O–H groups in total. The summed E-state index contributed by atoms with van der Waals surface area (Å²) >= 11 is 5.71. The lowest BCUT2D eigenvalue weighted by atomic mass is 10.1. The maximum Gasteiger partial charge on any atom is 0.258 e. The summed E-state index contributed by atoms with van der Waals surface area (Å²) in [5, 5.41) is 0. The zero-order valence-corrected chi connectivity index (χ0v) is 15.2. The highest BCUT2D eigenvalue weighted by atomic mass is 127. The van der Waals surface area contributed by atoms with Gasteiger partial charge in [0.1, 0.15) is 0 Å². The van der Waals surface area contributed by atoms with Gasteiger partial charge in [-0.05, 0) is 59.0 Å². The Kier molecular flexibility index (Phi) is 5.99. The van der Waals surface area contributed by atoms with Gasteiger partial charge in [-0.1, -0.05) is 52.8 Å². The van der Waals surface area contributed by atoms with Gasteiger partial charge in [-0.15, -0.1) is 0 Å². The van der Waals surface area contributed by atoms with E-state index in [9.17, 15) is 4.79 Å². The Morgan fingerprint density at radius 2 is 1.86 bits per heavy atom. The van der Waals surface area contributed by atoms with Crippen molar-refractivity contribution in [2.24, 2.45) is 0 Å². The second-order valence-corrected chi connectivity index (χ2v) is 6.52. The minimum atomic E-state index is -0.0120. The minimum Gasteiger partial charge on any atom is -0.315 e. The lowest BCUT2D eigenvalue weighted by Gasteiger charge is -2.19. The molecule has 2 nitrogen and oxygen atoms in total. The molecule has 0 aliphatic carbocycles. The number of benzene rings is 2. The molecule has 2 aromatic rings. The van der Waals surface area contributed by atoms with Gasteiger partial charge in [-0.3, -0.25) is 4.79 Å². The summed E-state index contributed by atoms with van der Waals surface area (Å²) in [6.07, 6.45) is 2.38. The summed E-state index contributed by atoms with van der Waals surface area (Å²) in [6.45, 7) is 4.37. The molecular weight excluding hydrogens is 441 g/mol. The first-order valence-corrected chi connectivity index (χ1v) is 8.42. The second kappa shape index (κ2) is 7.75. The molecule has 0 aliphatic rings. The van der Waals surface area contributed by atoms with Crippen molar-refractivity contribution in [3.63, 3.8) is 0 Å². The molecule has 108 valence electrons. The van der Waals surface area contributed by atoms with E-state index in [-0.39, 0.29) is 5.91 Å². The molecule has 0 radical (unpaired) electrons. The molecule has 0 heterocycles. The molecule has 0 saturated heterocycles. The van der Waals surface area contributed by atoms with Gasteiger partial charge in [0.05, 0.1) is 5.56 Å². The van der Waals surface area contributed by atoms with Crippen LogP contribution in [0.25, 0.3) is 0 Å². The van der Waals surface area contributed by atoms with E-state index in [0.29, 0.717) is 12.1 Å². The van der Waals surface area contributed by atoms with Crippen LogP contribution in [0.1, 0.15) is 15.9 Å². The molecule has 0 saturated carbocycles. The molecule has 21 heavy (non-hydrogen) atoms. The lowest BCUT2D eigenvalue weighted by Crippen LogP contribution is -2.28. The highest BCUT2D eigenvalue weighted by Gasteiger charge is 2.15. The predicted octanol–water partition coefficient (Wildman–Crippen LogP) is 4.88. The van der Waals surface area contributed by atoms with Crippen molar-refractivity contribution < 1.29 is 4.79 Å². The van der Waals surface area contributed by atoms with Gasteiger partial charge in [0.15, 0.2) is 0 Å². The van der Waals surface area contributed by atoms with Gasteiger partial charge in [0, 0.05) is 14.6 Å². The molecular formula is C17H15BrINO. The van der Waals surface area contributed by atoms with Crippen molar-refractivity contribution >= 4 is 44.4 Å². The number of hydrogen-bond donors (Lipinski definition) is 0. The second-order valence-electron chi connectivity index (χ2n) is 4.50. The van der Waals surface area contributed by atoms with Crippen molar-refractivity contribution in [1.29, 1.82) is 0 Å². The first-order valence-electron chi connectivity index (χ1n) is 6.55. The van der Waals surface area contributed by atoms with Gasteiger partial charge in [-0.2, -0.15) is 0 Å². The third-order valence-corrected chi connectivity index (χ3v) is 4.88. The zero-order valence-electron chi connectivity index (χ0n) is 11.4. The summed E-state index contributed by atoms with van der Waals surface area (Å²) in [7, 11) is 0. The topological polar surface area (TPSA) is 20.3 Å². The summed E-state index contributed by atoms with van der Waals surface area (Å²) in [5.74, 6) is -0.0120. The van der Waals surface area contributed by atoms with Crippen LogP contribution >= 0.6 is 38.5 Å². The number of amides is 1. The average molecular weight is 456 g/mol. The van der Waals surface area contributed by atoms with Crippen molar-refractivity contribution in [3.8, 4) is 0 Å². The van der Waals surface area contributed by atoms with Crippen LogP contribution in [0.3, 0.4) is 0 Å². The van der Waals surface area contributed by atoms with E-state index in [1.165, 1.54) is 5.56 Å². The molecule has 0 aliphatic heterocycles. The Morgan fingerprint density at radius 3 is 2.52 bits per heavy atom. The molecule has 0 atom stereocenters. The monoisotopic (exact) mass is 455 g/mol. The third kappa shape index (κ3) is 4.17. The number of nitrogens with zero attached hydrogens (tertiary/aromatic N) is 1. The van der Waals surface area contributed by atoms with Gasteiger partial charge in [0.25, 0.3) is 5.91 Å². The molecule has 2 aromatic carbocycles. The maximum atomic E-state index is 12.5. The van der Waals surface area contributed by atoms with Gasteiger partial charge < -0.3 is 4.90 Å². The fourth-order valence-electron chi connectivity index (χ4n) is 2.01. The van der Waals surface area contributed by atoms with E-state index >= 15 is 0 Å². The van der Waals surface area contributed by atoms with Crippen LogP contribution in [0.4, 0.5) is 0 Å². The molecule has 0 fully saturated rings. The van der Waals surface area contributed by atoms with Crippen molar-refractivity contribution in [1.82, 2.24) is 4.90 Å². The SMILES string of the molecule is C=CN(CCc1ccccc1Br)C(=O)c1ccccc1I. The Hall–Kier alpha value is -1.14. The molecule has 0 spiro atoms. The van der Waals surface area contributed by atoms with Gasteiger partial charge >= 0.3 is 0 Å². The molecule has 0 aromatic heterocycles. The number of halogens is 2. The van der Waals surface area contributed by atoms with E-state index < -0.39 is 0 Å². The summed E-state index contributed by atoms with van der Waals surface area (Å²) < 4.78 is 2.02. The predicted molar refractivity (Wildman–Crippen MR) is 98.2 cm³/mol. The van der Waals surface area contributed by atoms with Crippen molar-refractivity contribution in [2.75, 3.05) is 6.54 Å². The summed E-state index contributed by atoms with van der Waals surface area (Å²) in [5.41, 5.74) is 1.89. The number of hydrogen-bond acceptors (Lipinski definition) is 1. The van der Waals surface area contributed by atoms with Crippen LogP contribution in [0.15, 0.2) is 65.8 Å². The van der Waals surface area contributed by atoms with E-state index in [2.05, 4.69) is 51.2 Å². The minimum absolute atomic E-state index is 0.0120. The molecule has 1 amide bonds. The van der Waals surface area contributed by atoms with Crippen LogP contribution in [-0.4, -0.2) is 17.4 Å². The van der Waals surface area contributed by atoms with E-state index in [0.717, 1.165) is 14.5 Å². The van der Waals surface area contributed by atoms with Gasteiger partial charge in [-0.25, -0.2) is 0 Å². The Labute approximate surface area is 147 Å². The summed E-state index contributed by atoms with van der Waals surface area (Å²) in [6, 6.07) is 15.6. The maximum absolute atomic E-state index is 12.5. The quantitative estimate of drug-likeness (QED) is 0.588. The fourth-order valence-corrected chi connectivity index (χ4v) is 3.11. The van der Waals surface area contributed by atoms with Crippen LogP contribution in [0.2, 0.25) is 0 Å². The first kappa shape index (κ1) is 16.2. The summed E-state index contributed by atoms with van der Waals surface area (Å²) in [4.78, 5) is 14.2. The van der Waals surface area contributed by atoms with Crippen LogP contribution < -0.4 is 0 Å². The largest absolute Gasteiger partial charge is 0.315 e. The van der Waals surface area contributed by atoms with Crippen LogP contribution in [0.5, 0.6) is 0 Å². The van der Waals surface area contributed by atoms with Crippen molar-refractivity contribution in [3.05, 3.63) is 80.5 Å². The molecule has 4 heteroatoms. The van der Waals surface area contributed by atoms with E-state index in [1.807, 2.05) is 42.5 Å². The molecule has 2 rings (SSSR count). The normalized spacial score (nSPS) is 10.2. The van der Waals surface area contributed by atoms with Crippen LogP contribution in [0, 0.1) is 3.57 Å². The third-order valence-electron chi connectivity index (χ3n) is 3.17. The lowest BCUT2D eigenvalue weighted by molar-refractivity contribution is 0.0823. The number of carbonyl (C=O) groups excluding carboxylic acids is 1. The van der Waals surface area contributed by atoms with Gasteiger partial charge in [0.2, 0.25) is 0 Å². The molecule has 0 bridgehead atoms. The zero-order chi connectivity index (χ0) is 15.2. The highest BCUT2D eigenvalue weighted by molar-refractivity contribution is 14.1.